The number of aliphatic hydroxyl groups excluding tert-OH is 1. The van der Waals surface area contributed by atoms with Gasteiger partial charge < -0.3 is 20.3 Å². The number of benzene rings is 1. The highest BCUT2D eigenvalue weighted by Gasteiger charge is 2.12. The van der Waals surface area contributed by atoms with Crippen molar-refractivity contribution in [3.8, 4) is 0 Å². The maximum atomic E-state index is 11.8. The molecule has 114 valence electrons. The molecule has 0 spiro atoms. The minimum absolute atomic E-state index is 0.107. The highest BCUT2D eigenvalue weighted by atomic mass is 32.2. The van der Waals surface area contributed by atoms with Crippen LogP contribution in [0.5, 0.6) is 0 Å². The molecule has 0 aliphatic carbocycles. The molecule has 8 heteroatoms. The van der Waals surface area contributed by atoms with Crippen LogP contribution in [0.1, 0.15) is 0 Å². The van der Waals surface area contributed by atoms with E-state index in [0.29, 0.717) is 0 Å². The Morgan fingerprint density at radius 1 is 1.25 bits per heavy atom. The smallest absolute Gasteiger partial charge is 0.240 e. The second kappa shape index (κ2) is 9.01. The van der Waals surface area contributed by atoms with E-state index in [-0.39, 0.29) is 37.9 Å². The van der Waals surface area contributed by atoms with Crippen LogP contribution in [0.25, 0.3) is 0 Å². The van der Waals surface area contributed by atoms with Crippen molar-refractivity contribution in [3.05, 3.63) is 30.3 Å². The zero-order valence-corrected chi connectivity index (χ0v) is 11.9. The number of rotatable bonds is 10. The van der Waals surface area contributed by atoms with Crippen molar-refractivity contribution in [2.45, 2.75) is 11.1 Å². The molecule has 0 heterocycles. The molecule has 20 heavy (non-hydrogen) atoms. The third kappa shape index (κ3) is 6.42. The second-order valence-electron chi connectivity index (χ2n) is 3.92. The van der Waals surface area contributed by atoms with Crippen molar-refractivity contribution in [1.82, 2.24) is 4.72 Å². The van der Waals surface area contributed by atoms with Gasteiger partial charge in [0.2, 0.25) is 10.0 Å². The van der Waals surface area contributed by atoms with E-state index >= 15 is 0 Å². The van der Waals surface area contributed by atoms with Crippen molar-refractivity contribution in [2.24, 2.45) is 5.73 Å². The SMILES string of the molecule is NC(COCCNS(=O)(=O)c1ccccc1)OCCO. The fraction of sp³-hybridized carbons (Fsp3) is 0.500. The number of sulfonamides is 1. The average molecular weight is 304 g/mol. The van der Waals surface area contributed by atoms with Gasteiger partial charge in [-0.25, -0.2) is 13.1 Å². The van der Waals surface area contributed by atoms with E-state index in [2.05, 4.69) is 4.72 Å². The lowest BCUT2D eigenvalue weighted by Gasteiger charge is -2.12. The zero-order chi connectivity index (χ0) is 14.8. The topological polar surface area (TPSA) is 111 Å². The first-order valence-corrected chi connectivity index (χ1v) is 7.65. The summed E-state index contributed by atoms with van der Waals surface area (Å²) in [4.78, 5) is 0.211. The Morgan fingerprint density at radius 3 is 2.60 bits per heavy atom. The van der Waals surface area contributed by atoms with Crippen LogP contribution in [-0.4, -0.2) is 52.7 Å². The Balaban J connectivity index is 2.21. The van der Waals surface area contributed by atoms with Crippen LogP contribution in [0.3, 0.4) is 0 Å². The summed E-state index contributed by atoms with van der Waals surface area (Å²) in [6.45, 7) is 0.495. The molecule has 0 aromatic heterocycles. The maximum absolute atomic E-state index is 11.8. The third-order valence-corrected chi connectivity index (χ3v) is 3.77. The molecule has 1 aromatic carbocycles. The van der Waals surface area contributed by atoms with Crippen LogP contribution in [0, 0.1) is 0 Å². The van der Waals surface area contributed by atoms with Gasteiger partial charge in [-0.05, 0) is 12.1 Å². The van der Waals surface area contributed by atoms with Crippen molar-refractivity contribution < 1.29 is 23.0 Å². The number of ether oxygens (including phenoxy) is 2. The van der Waals surface area contributed by atoms with Gasteiger partial charge in [0, 0.05) is 6.54 Å². The normalized spacial score (nSPS) is 13.3. The lowest BCUT2D eigenvalue weighted by molar-refractivity contribution is -0.0230. The first kappa shape index (κ1) is 17.0. The van der Waals surface area contributed by atoms with E-state index in [4.69, 9.17) is 20.3 Å². The van der Waals surface area contributed by atoms with Gasteiger partial charge in [0.15, 0.2) is 0 Å². The predicted octanol–water partition coefficient (Wildman–Crippen LogP) is -0.725. The molecule has 0 fully saturated rings. The quantitative estimate of drug-likeness (QED) is 0.388. The predicted molar refractivity (Wildman–Crippen MR) is 73.5 cm³/mol. The van der Waals surface area contributed by atoms with Gasteiger partial charge in [0.1, 0.15) is 6.23 Å². The molecule has 0 amide bonds. The highest BCUT2D eigenvalue weighted by molar-refractivity contribution is 7.89. The Kier molecular flexibility index (Phi) is 7.67. The van der Waals surface area contributed by atoms with Crippen LogP contribution in [-0.2, 0) is 19.5 Å². The van der Waals surface area contributed by atoms with Crippen LogP contribution < -0.4 is 10.5 Å². The lowest BCUT2D eigenvalue weighted by Crippen LogP contribution is -2.33. The Hall–Kier alpha value is -1.03. The summed E-state index contributed by atoms with van der Waals surface area (Å²) >= 11 is 0. The molecule has 1 rings (SSSR count). The minimum Gasteiger partial charge on any atom is -0.394 e. The van der Waals surface area contributed by atoms with Gasteiger partial charge in [-0.2, -0.15) is 0 Å². The maximum Gasteiger partial charge on any atom is 0.240 e. The van der Waals surface area contributed by atoms with Crippen molar-refractivity contribution >= 4 is 10.0 Å². The van der Waals surface area contributed by atoms with Crippen LogP contribution >= 0.6 is 0 Å². The van der Waals surface area contributed by atoms with Crippen molar-refractivity contribution in [2.75, 3.05) is 33.0 Å². The lowest BCUT2D eigenvalue weighted by atomic mass is 10.4. The van der Waals surface area contributed by atoms with E-state index in [1.807, 2.05) is 0 Å². The first-order valence-electron chi connectivity index (χ1n) is 6.17. The number of nitrogens with two attached hydrogens (primary N) is 1. The minimum atomic E-state index is -3.50. The molecule has 0 aliphatic heterocycles. The third-order valence-electron chi connectivity index (χ3n) is 2.30. The summed E-state index contributed by atoms with van der Waals surface area (Å²) in [5, 5.41) is 8.52. The van der Waals surface area contributed by atoms with Crippen molar-refractivity contribution in [3.63, 3.8) is 0 Å². The van der Waals surface area contributed by atoms with Crippen molar-refractivity contribution in [1.29, 1.82) is 0 Å². The molecule has 1 unspecified atom stereocenters. The van der Waals surface area contributed by atoms with E-state index < -0.39 is 16.3 Å². The number of hydrogen-bond acceptors (Lipinski definition) is 6. The van der Waals surface area contributed by atoms with Crippen LogP contribution in [0.2, 0.25) is 0 Å². The van der Waals surface area contributed by atoms with E-state index in [0.717, 1.165) is 0 Å². The highest BCUT2D eigenvalue weighted by Crippen LogP contribution is 2.06. The van der Waals surface area contributed by atoms with Crippen LogP contribution in [0.4, 0.5) is 0 Å². The molecule has 1 aromatic rings. The standard InChI is InChI=1S/C12H20N2O5S/c13-12(19-9-7-15)10-18-8-6-14-20(16,17)11-4-2-1-3-5-11/h1-5,12,14-15H,6-10,13H2. The Bertz CT molecular complexity index is 466. The molecule has 7 nitrogen and oxygen atoms in total. The average Bonchev–Trinajstić information content (AvgIpc) is 2.45. The molecular formula is C12H20N2O5S. The largest absolute Gasteiger partial charge is 0.394 e. The van der Waals surface area contributed by atoms with E-state index in [1.165, 1.54) is 12.1 Å². The summed E-state index contributed by atoms with van der Waals surface area (Å²) in [6.07, 6.45) is -0.632. The summed E-state index contributed by atoms with van der Waals surface area (Å²) in [5.74, 6) is 0. The molecule has 0 saturated heterocycles. The van der Waals surface area contributed by atoms with E-state index in [9.17, 15) is 8.42 Å². The summed E-state index contributed by atoms with van der Waals surface area (Å²) in [5.41, 5.74) is 5.52. The van der Waals surface area contributed by atoms with Gasteiger partial charge in [0.05, 0.1) is 31.3 Å². The summed E-state index contributed by atoms with van der Waals surface area (Å²) in [6, 6.07) is 8.09. The Labute approximate surface area is 118 Å². The molecule has 0 saturated carbocycles. The number of nitrogens with one attached hydrogen (secondary N) is 1. The van der Waals surface area contributed by atoms with Gasteiger partial charge in [-0.3, -0.25) is 0 Å². The summed E-state index contributed by atoms with van der Waals surface area (Å²) < 4.78 is 36.2. The molecule has 1 atom stereocenters. The second-order valence-corrected chi connectivity index (χ2v) is 5.69. The number of hydrogen-bond donors (Lipinski definition) is 3. The fourth-order valence-corrected chi connectivity index (χ4v) is 2.42. The monoisotopic (exact) mass is 304 g/mol. The zero-order valence-electron chi connectivity index (χ0n) is 11.1. The van der Waals surface area contributed by atoms with E-state index in [1.54, 1.807) is 18.2 Å². The van der Waals surface area contributed by atoms with Gasteiger partial charge in [-0.15, -0.1) is 0 Å². The van der Waals surface area contributed by atoms with Gasteiger partial charge in [-0.1, -0.05) is 18.2 Å². The molecular weight excluding hydrogens is 284 g/mol. The molecule has 0 bridgehead atoms. The fourth-order valence-electron chi connectivity index (χ4n) is 1.38. The molecule has 4 N–H and O–H groups in total. The molecule has 0 aliphatic rings. The van der Waals surface area contributed by atoms with Crippen LogP contribution in [0.15, 0.2) is 35.2 Å². The first-order chi connectivity index (χ1) is 9.56. The van der Waals surface area contributed by atoms with Gasteiger partial charge >= 0.3 is 0 Å². The summed E-state index contributed by atoms with van der Waals surface area (Å²) in [7, 11) is -3.50. The number of aliphatic hydroxyl groups is 1. The molecule has 0 radical (unpaired) electrons. The Morgan fingerprint density at radius 2 is 1.95 bits per heavy atom. The van der Waals surface area contributed by atoms with Gasteiger partial charge in [0.25, 0.3) is 0 Å².